The van der Waals surface area contributed by atoms with Crippen molar-refractivity contribution in [2.24, 2.45) is 0 Å². The summed E-state index contributed by atoms with van der Waals surface area (Å²) in [6, 6.07) is 9.48. The Labute approximate surface area is 210 Å². The summed E-state index contributed by atoms with van der Waals surface area (Å²) < 4.78 is 49.8. The van der Waals surface area contributed by atoms with E-state index in [4.69, 9.17) is 17.0 Å². The predicted molar refractivity (Wildman–Crippen MR) is 130 cm³/mol. The zero-order valence-electron chi connectivity index (χ0n) is 19.5. The number of hydrogen-bond acceptors (Lipinski definition) is 6. The highest BCUT2D eigenvalue weighted by Gasteiger charge is 2.45. The molecule has 2 aromatic rings. The summed E-state index contributed by atoms with van der Waals surface area (Å²) in [4.78, 5) is 40.0. The van der Waals surface area contributed by atoms with Gasteiger partial charge in [0, 0.05) is 5.69 Å². The first-order valence-electron chi connectivity index (χ1n) is 11.0. The lowest BCUT2D eigenvalue weighted by Crippen LogP contribution is -2.41. The van der Waals surface area contributed by atoms with Crippen molar-refractivity contribution in [3.63, 3.8) is 0 Å². The molecule has 0 spiro atoms. The minimum Gasteiger partial charge on any atom is -0.494 e. The number of carbonyl (C=O) groups is 3. The van der Waals surface area contributed by atoms with Crippen LogP contribution in [0.1, 0.15) is 25.3 Å². The number of ether oxygens (including phenoxy) is 2. The Morgan fingerprint density at radius 1 is 1.14 bits per heavy atom. The number of benzene rings is 2. The molecule has 1 unspecified atom stereocenters. The monoisotopic (exact) mass is 523 g/mol. The number of rotatable bonds is 9. The fourth-order valence-electron chi connectivity index (χ4n) is 3.52. The maximum atomic E-state index is 13.3. The highest BCUT2D eigenvalue weighted by molar-refractivity contribution is 7.80. The maximum absolute atomic E-state index is 13.3. The van der Waals surface area contributed by atoms with E-state index in [0.717, 1.165) is 36.6 Å². The third-order valence-corrected chi connectivity index (χ3v) is 5.68. The van der Waals surface area contributed by atoms with Crippen molar-refractivity contribution in [1.29, 1.82) is 0 Å². The van der Waals surface area contributed by atoms with Gasteiger partial charge in [-0.05, 0) is 61.1 Å². The van der Waals surface area contributed by atoms with Gasteiger partial charge in [0.2, 0.25) is 5.91 Å². The van der Waals surface area contributed by atoms with Crippen LogP contribution in [0.15, 0.2) is 48.5 Å². The molecule has 1 saturated heterocycles. The molecule has 0 radical (unpaired) electrons. The van der Waals surface area contributed by atoms with Crippen LogP contribution >= 0.6 is 12.2 Å². The lowest BCUT2D eigenvalue weighted by atomic mass is 10.1. The summed E-state index contributed by atoms with van der Waals surface area (Å²) >= 11 is 5.33. The highest BCUT2D eigenvalue weighted by atomic mass is 32.1. The molecule has 3 rings (SSSR count). The first kappa shape index (κ1) is 26.9. The molecule has 8 nitrogen and oxygen atoms in total. The number of carbonyl (C=O) groups excluding carboxylic acids is 3. The summed E-state index contributed by atoms with van der Waals surface area (Å²) in [7, 11) is 1.14. The van der Waals surface area contributed by atoms with E-state index < -0.39 is 48.5 Å². The van der Waals surface area contributed by atoms with Crippen molar-refractivity contribution >= 4 is 46.5 Å². The van der Waals surface area contributed by atoms with Gasteiger partial charge >= 0.3 is 12.1 Å². The molecule has 36 heavy (non-hydrogen) atoms. The second kappa shape index (κ2) is 11.4. The molecule has 0 aliphatic carbocycles. The van der Waals surface area contributed by atoms with E-state index in [1.165, 1.54) is 11.0 Å². The number of nitrogens with one attached hydrogen (secondary N) is 1. The minimum atomic E-state index is -4.64. The van der Waals surface area contributed by atoms with Gasteiger partial charge in [0.25, 0.3) is 5.91 Å². The van der Waals surface area contributed by atoms with Crippen LogP contribution in [-0.2, 0) is 25.3 Å². The van der Waals surface area contributed by atoms with Crippen molar-refractivity contribution in [2.45, 2.75) is 32.0 Å². The summed E-state index contributed by atoms with van der Waals surface area (Å²) in [5.41, 5.74) is -0.644. The van der Waals surface area contributed by atoms with E-state index in [2.05, 4.69) is 10.1 Å². The van der Waals surface area contributed by atoms with Crippen LogP contribution in [0, 0.1) is 0 Å². The number of amides is 2. The second-order valence-corrected chi connectivity index (χ2v) is 8.21. The summed E-state index contributed by atoms with van der Waals surface area (Å²) in [5.74, 6) is -1.39. The molecule has 1 aliphatic rings. The number of hydrogen-bond donors (Lipinski definition) is 1. The van der Waals surface area contributed by atoms with Gasteiger partial charge in [-0.15, -0.1) is 0 Å². The average Bonchev–Trinajstić information content (AvgIpc) is 3.06. The first-order chi connectivity index (χ1) is 17.0. The van der Waals surface area contributed by atoms with Crippen molar-refractivity contribution in [1.82, 2.24) is 4.90 Å². The molecule has 0 bridgehead atoms. The fraction of sp³-hybridized carbons (Fsp3) is 0.333. The van der Waals surface area contributed by atoms with E-state index in [9.17, 15) is 27.6 Å². The van der Waals surface area contributed by atoms with Gasteiger partial charge in [0.05, 0.1) is 31.4 Å². The van der Waals surface area contributed by atoms with Crippen LogP contribution in [0.2, 0.25) is 0 Å². The molecule has 1 aliphatic heterocycles. The highest BCUT2D eigenvalue weighted by Crippen LogP contribution is 2.34. The second-order valence-electron chi connectivity index (χ2n) is 7.85. The largest absolute Gasteiger partial charge is 0.494 e. The Morgan fingerprint density at radius 2 is 1.83 bits per heavy atom. The Kier molecular flexibility index (Phi) is 8.51. The Balaban J connectivity index is 1.81. The van der Waals surface area contributed by atoms with Gasteiger partial charge in [0.15, 0.2) is 5.11 Å². The quantitative estimate of drug-likeness (QED) is 0.393. The van der Waals surface area contributed by atoms with Crippen LogP contribution in [-0.4, -0.2) is 54.1 Å². The van der Waals surface area contributed by atoms with Crippen molar-refractivity contribution in [3.05, 3.63) is 54.1 Å². The minimum absolute atomic E-state index is 0.125. The topological polar surface area (TPSA) is 88.2 Å². The van der Waals surface area contributed by atoms with Gasteiger partial charge < -0.3 is 19.7 Å². The van der Waals surface area contributed by atoms with Crippen molar-refractivity contribution in [3.8, 4) is 5.75 Å². The lowest BCUT2D eigenvalue weighted by Gasteiger charge is -2.22. The Hall–Kier alpha value is -3.67. The van der Waals surface area contributed by atoms with Crippen molar-refractivity contribution in [2.75, 3.05) is 30.5 Å². The summed E-state index contributed by atoms with van der Waals surface area (Å²) in [6.07, 6.45) is -4.20. The molecule has 2 aromatic carbocycles. The molecule has 1 N–H and O–H groups in total. The predicted octanol–water partition coefficient (Wildman–Crippen LogP) is 4.00. The third-order valence-electron chi connectivity index (χ3n) is 5.27. The number of alkyl halides is 3. The summed E-state index contributed by atoms with van der Waals surface area (Å²) in [6.45, 7) is 2.06. The van der Waals surface area contributed by atoms with E-state index in [0.29, 0.717) is 18.0 Å². The van der Waals surface area contributed by atoms with E-state index in [-0.39, 0.29) is 10.8 Å². The zero-order valence-corrected chi connectivity index (χ0v) is 20.3. The number of anilines is 2. The third kappa shape index (κ3) is 6.30. The van der Waals surface area contributed by atoms with E-state index in [1.807, 2.05) is 6.92 Å². The normalized spacial score (nSPS) is 15.8. The van der Waals surface area contributed by atoms with Gasteiger partial charge in [-0.3, -0.25) is 19.3 Å². The molecule has 1 fully saturated rings. The lowest BCUT2D eigenvalue weighted by molar-refractivity contribution is -0.142. The van der Waals surface area contributed by atoms with Crippen LogP contribution < -0.4 is 15.0 Å². The van der Waals surface area contributed by atoms with Gasteiger partial charge in [0.1, 0.15) is 18.3 Å². The Morgan fingerprint density at radius 3 is 2.44 bits per heavy atom. The van der Waals surface area contributed by atoms with Crippen LogP contribution in [0.25, 0.3) is 0 Å². The fourth-order valence-corrected chi connectivity index (χ4v) is 3.91. The first-order valence-corrected chi connectivity index (χ1v) is 11.4. The SMILES string of the molecule is CCCOc1ccc(NC(=O)CC2C(=O)N(c3cccc(C(F)(F)F)c3)C(=S)N2CC(=O)OC)cc1. The maximum Gasteiger partial charge on any atom is 0.416 e. The van der Waals surface area contributed by atoms with Crippen molar-refractivity contribution < 1.29 is 37.0 Å². The van der Waals surface area contributed by atoms with Gasteiger partial charge in [-0.25, -0.2) is 0 Å². The van der Waals surface area contributed by atoms with E-state index in [1.54, 1.807) is 24.3 Å². The number of esters is 1. The molecular weight excluding hydrogens is 499 g/mol. The van der Waals surface area contributed by atoms with Crippen LogP contribution in [0.5, 0.6) is 5.75 Å². The van der Waals surface area contributed by atoms with Crippen LogP contribution in [0.3, 0.4) is 0 Å². The summed E-state index contributed by atoms with van der Waals surface area (Å²) in [5, 5.41) is 2.45. The smallest absolute Gasteiger partial charge is 0.416 e. The molecule has 2 amide bonds. The van der Waals surface area contributed by atoms with Gasteiger partial charge in [-0.1, -0.05) is 13.0 Å². The zero-order chi connectivity index (χ0) is 26.5. The van der Waals surface area contributed by atoms with Gasteiger partial charge in [-0.2, -0.15) is 13.2 Å². The molecule has 12 heteroatoms. The molecule has 1 atom stereocenters. The molecular formula is C24H24F3N3O5S. The number of halogens is 3. The number of methoxy groups -OCH3 is 1. The average molecular weight is 524 g/mol. The standard InChI is InChI=1S/C24H24F3N3O5S/c1-3-11-35-18-9-7-16(8-10-18)28-20(31)13-19-22(33)30(23(36)29(19)14-21(32)34-2)17-6-4-5-15(12-17)24(25,26)27/h4-10,12,19H,3,11,13-14H2,1-2H3,(H,28,31). The van der Waals surface area contributed by atoms with Crippen LogP contribution in [0.4, 0.5) is 24.5 Å². The number of thiocarbonyl (C=S) groups is 1. The Bertz CT molecular complexity index is 1140. The van der Waals surface area contributed by atoms with E-state index >= 15 is 0 Å². The molecule has 192 valence electrons. The number of nitrogens with zero attached hydrogens (tertiary/aromatic N) is 2. The molecule has 0 aromatic heterocycles. The molecule has 0 saturated carbocycles. The molecule has 1 heterocycles.